The Morgan fingerprint density at radius 1 is 0.232 bits per heavy atom. The maximum Gasteiger partial charge on any atom is 0.0594 e. The topological polar surface area (TPSA) is 35.2 Å². The number of nitrogens with zero attached hydrogens (tertiary/aromatic N) is 8. The first-order valence-electron chi connectivity index (χ1n) is 45.2. The van der Waals surface area contributed by atoms with E-state index in [9.17, 15) is 0 Å². The third-order valence-corrected chi connectivity index (χ3v) is 14.7. The van der Waals surface area contributed by atoms with Crippen molar-refractivity contribution in [3.63, 3.8) is 0 Å². The van der Waals surface area contributed by atoms with Crippen LogP contribution in [0.5, 0.6) is 0 Å². The molecule has 99 heavy (non-hydrogen) atoms. The minimum atomic E-state index is 0.689. The van der Waals surface area contributed by atoms with Gasteiger partial charge < -0.3 is 29.2 Å². The van der Waals surface area contributed by atoms with Gasteiger partial charge in [-0.2, -0.15) is 0 Å². The number of piperidine rings is 3. The smallest absolute Gasteiger partial charge is 0.0594 e. The van der Waals surface area contributed by atoms with E-state index in [0.29, 0.717) is 6.04 Å². The van der Waals surface area contributed by atoms with Gasteiger partial charge in [0.15, 0.2) is 0 Å². The lowest BCUT2D eigenvalue weighted by atomic mass is 9.99. The molecule has 0 N–H and O–H groups in total. The van der Waals surface area contributed by atoms with Gasteiger partial charge in [0.2, 0.25) is 0 Å². The maximum absolute atomic E-state index is 5.21. The number of rotatable bonds is 7. The molecule has 9 nitrogen and oxygen atoms in total. The predicted molar refractivity (Wildman–Crippen MR) is 490 cm³/mol. The predicted octanol–water partition coefficient (Wildman–Crippen LogP) is 29.0. The van der Waals surface area contributed by atoms with Crippen LogP contribution in [0.2, 0.25) is 0 Å². The van der Waals surface area contributed by atoms with E-state index in [1.165, 1.54) is 161 Å². The molecule has 0 spiro atoms. The summed E-state index contributed by atoms with van der Waals surface area (Å²) in [6.45, 7) is 128. The van der Waals surface area contributed by atoms with Crippen molar-refractivity contribution in [3.8, 4) is 0 Å². The fourth-order valence-corrected chi connectivity index (χ4v) is 10.2. The summed E-state index contributed by atoms with van der Waals surface area (Å²) in [7, 11) is 2.19. The Labute approximate surface area is 648 Å². The SMILES string of the molecule is CC.CC.CC.CC.CC.CC.CC.CC.CC.CC.CC.CC.CC.CC.CC.CC.CC.CC.CC.CC.CC(C)N1CCC(N2CCCCC2)CC1.CC(C)N1CCCC1.CC(C)N1CCCCC1.CC(C)N1CCN(C)CC1.CC(C)N1CCOCC1.CC(C)N1CCSC1. The third kappa shape index (κ3) is 122. The van der Waals surface area contributed by atoms with Crippen molar-refractivity contribution in [1.82, 2.24) is 39.2 Å². The van der Waals surface area contributed by atoms with Crippen LogP contribution in [0.3, 0.4) is 0 Å². The number of ether oxygens (including phenoxy) is 1. The van der Waals surface area contributed by atoms with Gasteiger partial charge in [-0.3, -0.25) is 14.7 Å². The molecule has 7 saturated heterocycles. The number of piperazine rings is 1. The van der Waals surface area contributed by atoms with Gasteiger partial charge >= 0.3 is 0 Å². The molecule has 0 unspecified atom stereocenters. The first kappa shape index (κ1) is 149. The minimum Gasteiger partial charge on any atom is -0.379 e. The number of likely N-dealkylation sites (tertiary alicyclic amines) is 4. The first-order chi connectivity index (χ1) is 48.2. The molecule has 0 aromatic carbocycles. The molecule has 0 atom stereocenters. The Bertz CT molecular complexity index is 906. The number of hydrogen-bond donors (Lipinski definition) is 0. The van der Waals surface area contributed by atoms with Crippen LogP contribution in [0.15, 0.2) is 0 Å². The zero-order valence-electron chi connectivity index (χ0n) is 81.9. The first-order valence-corrected chi connectivity index (χ1v) is 46.4. The van der Waals surface area contributed by atoms with Crippen LogP contribution in [-0.2, 0) is 4.74 Å². The molecule has 7 aliphatic rings. The van der Waals surface area contributed by atoms with E-state index in [2.05, 4.69) is 129 Å². The molecule has 7 fully saturated rings. The van der Waals surface area contributed by atoms with Crippen LogP contribution in [-0.4, -0.2) is 212 Å². The van der Waals surface area contributed by atoms with Crippen LogP contribution >= 0.6 is 11.8 Å². The van der Waals surface area contributed by atoms with E-state index in [1.807, 2.05) is 289 Å². The highest BCUT2D eigenvalue weighted by Gasteiger charge is 2.26. The Balaban J connectivity index is -0.0000000416. The fourth-order valence-electron chi connectivity index (χ4n) is 9.01. The summed E-state index contributed by atoms with van der Waals surface area (Å²) in [5.41, 5.74) is 0. The molecule has 0 radical (unpaired) electrons. The van der Waals surface area contributed by atoms with Gasteiger partial charge in [-0.1, -0.05) is 290 Å². The van der Waals surface area contributed by atoms with Crippen LogP contribution in [0.1, 0.15) is 424 Å². The normalized spacial score (nSPS) is 15.7. The van der Waals surface area contributed by atoms with Crippen molar-refractivity contribution < 1.29 is 4.74 Å². The lowest BCUT2D eigenvalue weighted by Crippen LogP contribution is -2.48. The Morgan fingerprint density at radius 2 is 0.444 bits per heavy atom. The van der Waals surface area contributed by atoms with Gasteiger partial charge in [0.25, 0.3) is 0 Å². The highest BCUT2D eigenvalue weighted by molar-refractivity contribution is 7.99. The minimum absolute atomic E-state index is 0.689. The van der Waals surface area contributed by atoms with Crippen LogP contribution in [0.25, 0.3) is 0 Å². The third-order valence-electron chi connectivity index (χ3n) is 13.7. The highest BCUT2D eigenvalue weighted by atomic mass is 32.2. The second-order valence-corrected chi connectivity index (χ2v) is 21.2. The Kier molecular flexibility index (Phi) is 240. The van der Waals surface area contributed by atoms with Gasteiger partial charge in [-0.05, 0) is 194 Å². The van der Waals surface area contributed by atoms with Crippen molar-refractivity contribution in [2.45, 2.75) is 467 Å². The van der Waals surface area contributed by atoms with E-state index in [-0.39, 0.29) is 0 Å². The zero-order valence-corrected chi connectivity index (χ0v) is 82.8. The Hall–Kier alpha value is -0.0100. The van der Waals surface area contributed by atoms with Gasteiger partial charge in [0.1, 0.15) is 0 Å². The van der Waals surface area contributed by atoms with Crippen molar-refractivity contribution in [3.05, 3.63) is 0 Å². The zero-order chi connectivity index (χ0) is 83.6. The summed E-state index contributed by atoms with van der Waals surface area (Å²) in [5.74, 6) is 2.58. The number of thioether (sulfide) groups is 1. The summed E-state index contributed by atoms with van der Waals surface area (Å²) in [6.07, 6.45) is 14.2. The lowest BCUT2D eigenvalue weighted by molar-refractivity contribution is 0.0238. The van der Waals surface area contributed by atoms with E-state index >= 15 is 0 Å². The lowest BCUT2D eigenvalue weighted by Gasteiger charge is -2.41. The number of hydrogen-bond acceptors (Lipinski definition) is 10. The average Bonchev–Trinajstić information content (AvgIpc) is 1.39. The molecule has 0 saturated carbocycles. The van der Waals surface area contributed by atoms with E-state index in [1.54, 1.807) is 0 Å². The molecule has 10 heteroatoms. The maximum atomic E-state index is 5.21. The van der Waals surface area contributed by atoms with Crippen molar-refractivity contribution in [2.75, 3.05) is 130 Å². The standard InChI is InChI=1S/C13H26N2.C8H18N2.C8H17N.C7H15NO.C7H15N.C6H13NS.20C2H6/c1-12(2)14-10-6-13(7-11-14)15-8-4-3-5-9-15;1-8(2)10-6-4-9(3)5-7-10;1-8(2)9-6-4-3-5-7-9;1-7(2)8-3-5-9-6-4-8;1-7(2)8-5-3-4-6-8;1-6(2)7-3-4-8-5-7;20*1-2/h12-13H,3-11H2,1-2H3;8H,4-7H2,1-3H3;8H,3-7H2,1-2H3;7H,3-6H2,1-2H3;7H,3-6H2,1-2H3;6H,3-5H2,1-2H3;20*1-2H3. The molecule has 0 aliphatic carbocycles. The quantitative estimate of drug-likeness (QED) is 0.246. The van der Waals surface area contributed by atoms with E-state index in [4.69, 9.17) is 4.74 Å². The second-order valence-electron chi connectivity index (χ2n) is 20.1. The van der Waals surface area contributed by atoms with Crippen molar-refractivity contribution in [2.24, 2.45) is 0 Å². The molecule has 7 rings (SSSR count). The second kappa shape index (κ2) is 160. The summed E-state index contributed by atoms with van der Waals surface area (Å²) in [4.78, 5) is 20.3. The fraction of sp³-hybridized carbons (Fsp3) is 1.00. The Morgan fingerprint density at radius 3 is 0.646 bits per heavy atom. The largest absolute Gasteiger partial charge is 0.379 e. The molecule has 0 amide bonds. The van der Waals surface area contributed by atoms with Crippen molar-refractivity contribution in [1.29, 1.82) is 0 Å². The van der Waals surface area contributed by atoms with Gasteiger partial charge in [0.05, 0.1) is 13.2 Å². The number of morpholine rings is 1. The van der Waals surface area contributed by atoms with Crippen molar-refractivity contribution >= 4 is 11.8 Å². The van der Waals surface area contributed by atoms with E-state index in [0.717, 1.165) is 62.6 Å². The molecule has 7 heterocycles. The van der Waals surface area contributed by atoms with Crippen LogP contribution in [0.4, 0.5) is 0 Å². The molecule has 0 bridgehead atoms. The monoisotopic (exact) mass is 1450 g/mol. The summed E-state index contributed by atoms with van der Waals surface area (Å²) in [6, 6.07) is 5.36. The van der Waals surface area contributed by atoms with Gasteiger partial charge in [-0.25, -0.2) is 0 Å². The molecule has 0 aromatic heterocycles. The van der Waals surface area contributed by atoms with Gasteiger partial charge in [-0.15, -0.1) is 11.8 Å². The summed E-state index contributed by atoms with van der Waals surface area (Å²) < 4.78 is 5.21. The average molecular weight is 1450 g/mol. The molecule has 0 aromatic rings. The van der Waals surface area contributed by atoms with Crippen LogP contribution in [0, 0.1) is 0 Å². The van der Waals surface area contributed by atoms with E-state index < -0.39 is 0 Å². The summed E-state index contributed by atoms with van der Waals surface area (Å²) >= 11 is 2.04. The molecule has 632 valence electrons. The van der Waals surface area contributed by atoms with Crippen LogP contribution < -0.4 is 0 Å². The number of likely N-dealkylation sites (N-methyl/N-ethyl adjacent to an activating group) is 1. The van der Waals surface area contributed by atoms with Gasteiger partial charge in [0, 0.05) is 99.7 Å². The highest BCUT2D eigenvalue weighted by Crippen LogP contribution is 2.22. The molecular formula is C89H224N8OS. The molecular weight excluding hydrogens is 1230 g/mol. The summed E-state index contributed by atoms with van der Waals surface area (Å²) in [5, 5.41) is 0. The molecule has 7 aliphatic heterocycles.